The van der Waals surface area contributed by atoms with E-state index in [4.69, 9.17) is 0 Å². The van der Waals surface area contributed by atoms with E-state index in [1.54, 1.807) is 0 Å². The average Bonchev–Trinajstić information content (AvgIpc) is 2.58. The first kappa shape index (κ1) is 10.1. The van der Waals surface area contributed by atoms with Gasteiger partial charge in [0.25, 0.3) is 0 Å². The van der Waals surface area contributed by atoms with Crippen molar-refractivity contribution in [2.45, 2.75) is 60.3 Å². The van der Waals surface area contributed by atoms with Crippen LogP contribution < -0.4 is 0 Å². The maximum Gasteiger partial charge on any atom is -0.0294 e. The summed E-state index contributed by atoms with van der Waals surface area (Å²) in [7, 11) is 0. The first-order valence-corrected chi connectivity index (χ1v) is 5.37. The fourth-order valence-electron chi connectivity index (χ4n) is 2.11. The van der Waals surface area contributed by atoms with Crippen molar-refractivity contribution in [2.75, 3.05) is 0 Å². The van der Waals surface area contributed by atoms with E-state index >= 15 is 0 Å². The summed E-state index contributed by atoms with van der Waals surface area (Å²) in [5.74, 6) is 1.04. The summed E-state index contributed by atoms with van der Waals surface area (Å²) in [5, 5.41) is 0. The van der Waals surface area contributed by atoms with Crippen molar-refractivity contribution >= 4 is 0 Å². The van der Waals surface area contributed by atoms with Gasteiger partial charge in [-0.25, -0.2) is 0 Å². The van der Waals surface area contributed by atoms with Crippen LogP contribution in [0.2, 0.25) is 0 Å². The molecule has 0 amide bonds. The van der Waals surface area contributed by atoms with Gasteiger partial charge < -0.3 is 0 Å². The van der Waals surface area contributed by atoms with Crippen LogP contribution in [0.3, 0.4) is 0 Å². The lowest BCUT2D eigenvalue weighted by Gasteiger charge is -2.21. The maximum atomic E-state index is 2.47. The molecule has 0 aliphatic heterocycles. The molecule has 2 unspecified atom stereocenters. The Morgan fingerprint density at radius 3 is 2.25 bits per heavy atom. The molecule has 12 heavy (non-hydrogen) atoms. The van der Waals surface area contributed by atoms with Gasteiger partial charge in [-0.1, -0.05) is 41.0 Å². The molecule has 0 aromatic heterocycles. The van der Waals surface area contributed by atoms with E-state index in [0.717, 1.165) is 11.3 Å². The third kappa shape index (κ3) is 2.50. The quantitative estimate of drug-likeness (QED) is 0.591. The summed E-state index contributed by atoms with van der Waals surface area (Å²) in [5.41, 5.74) is 1.26. The molecule has 1 saturated carbocycles. The third-order valence-electron chi connectivity index (χ3n) is 3.48. The number of hydrogen-bond acceptors (Lipinski definition) is 0. The van der Waals surface area contributed by atoms with Gasteiger partial charge in [0, 0.05) is 0 Å². The molecule has 0 heterocycles. The largest absolute Gasteiger partial charge is 0.0651 e. The normalized spacial score (nSPS) is 35.2. The SMILES string of the molecule is CCC1CC1(C)CCC(C)(C)C. The zero-order valence-corrected chi connectivity index (χ0v) is 9.41. The van der Waals surface area contributed by atoms with E-state index in [-0.39, 0.29) is 0 Å². The Bertz CT molecular complexity index is 152. The summed E-state index contributed by atoms with van der Waals surface area (Å²) < 4.78 is 0. The number of rotatable bonds is 3. The van der Waals surface area contributed by atoms with Crippen molar-refractivity contribution in [3.63, 3.8) is 0 Å². The van der Waals surface area contributed by atoms with Crippen molar-refractivity contribution in [3.8, 4) is 0 Å². The van der Waals surface area contributed by atoms with E-state index in [2.05, 4.69) is 34.6 Å². The Balaban J connectivity index is 2.25. The lowest BCUT2D eigenvalue weighted by molar-refractivity contribution is 0.308. The fraction of sp³-hybridized carbons (Fsp3) is 1.00. The lowest BCUT2D eigenvalue weighted by atomic mass is 9.85. The smallest absolute Gasteiger partial charge is 0.0294 e. The molecular weight excluding hydrogens is 144 g/mol. The Labute approximate surface area is 77.7 Å². The minimum Gasteiger partial charge on any atom is -0.0651 e. The zero-order valence-electron chi connectivity index (χ0n) is 9.41. The van der Waals surface area contributed by atoms with Gasteiger partial charge in [0.15, 0.2) is 0 Å². The Morgan fingerprint density at radius 2 is 1.92 bits per heavy atom. The van der Waals surface area contributed by atoms with E-state index in [1.165, 1.54) is 25.7 Å². The zero-order chi connectivity index (χ0) is 9.41. The third-order valence-corrected chi connectivity index (χ3v) is 3.48. The van der Waals surface area contributed by atoms with E-state index < -0.39 is 0 Å². The molecule has 1 aliphatic carbocycles. The predicted octanol–water partition coefficient (Wildman–Crippen LogP) is 4.25. The molecule has 2 atom stereocenters. The highest BCUT2D eigenvalue weighted by Gasteiger charge is 2.47. The van der Waals surface area contributed by atoms with E-state index in [1.807, 2.05) is 0 Å². The first-order chi connectivity index (χ1) is 5.37. The van der Waals surface area contributed by atoms with Crippen molar-refractivity contribution in [2.24, 2.45) is 16.7 Å². The number of hydrogen-bond donors (Lipinski definition) is 0. The van der Waals surface area contributed by atoms with Crippen LogP contribution in [0.5, 0.6) is 0 Å². The van der Waals surface area contributed by atoms with E-state index in [0.29, 0.717) is 5.41 Å². The summed E-state index contributed by atoms with van der Waals surface area (Å²) in [4.78, 5) is 0. The van der Waals surface area contributed by atoms with Crippen molar-refractivity contribution < 1.29 is 0 Å². The Kier molecular flexibility index (Phi) is 2.56. The van der Waals surface area contributed by atoms with Gasteiger partial charge in [0.1, 0.15) is 0 Å². The van der Waals surface area contributed by atoms with Crippen LogP contribution in [0.4, 0.5) is 0 Å². The molecule has 1 rings (SSSR count). The van der Waals surface area contributed by atoms with Crippen molar-refractivity contribution in [1.82, 2.24) is 0 Å². The van der Waals surface area contributed by atoms with Crippen LogP contribution in [0.15, 0.2) is 0 Å². The van der Waals surface area contributed by atoms with Crippen LogP contribution >= 0.6 is 0 Å². The molecule has 0 nitrogen and oxygen atoms in total. The molecule has 0 spiro atoms. The summed E-state index contributed by atoms with van der Waals surface area (Å²) in [6.45, 7) is 11.8. The van der Waals surface area contributed by atoms with Gasteiger partial charge in [-0.2, -0.15) is 0 Å². The molecule has 1 fully saturated rings. The van der Waals surface area contributed by atoms with Gasteiger partial charge in [-0.05, 0) is 36.0 Å². The maximum absolute atomic E-state index is 2.47. The van der Waals surface area contributed by atoms with Crippen molar-refractivity contribution in [1.29, 1.82) is 0 Å². The summed E-state index contributed by atoms with van der Waals surface area (Å²) in [6, 6.07) is 0. The van der Waals surface area contributed by atoms with Crippen LogP contribution in [0.25, 0.3) is 0 Å². The molecule has 0 aromatic rings. The molecule has 0 radical (unpaired) electrons. The molecule has 0 heteroatoms. The Hall–Kier alpha value is 0. The molecule has 0 bridgehead atoms. The highest BCUT2D eigenvalue weighted by atomic mass is 14.5. The highest BCUT2D eigenvalue weighted by molar-refractivity contribution is 4.98. The summed E-state index contributed by atoms with van der Waals surface area (Å²) in [6.07, 6.45) is 5.70. The van der Waals surface area contributed by atoms with Crippen LogP contribution in [-0.4, -0.2) is 0 Å². The molecule has 0 saturated heterocycles. The minimum atomic E-state index is 0.532. The molecule has 0 aromatic carbocycles. The van der Waals surface area contributed by atoms with Gasteiger partial charge in [-0.3, -0.25) is 0 Å². The average molecular weight is 168 g/mol. The van der Waals surface area contributed by atoms with Crippen molar-refractivity contribution in [3.05, 3.63) is 0 Å². The van der Waals surface area contributed by atoms with Crippen LogP contribution in [0.1, 0.15) is 60.3 Å². The predicted molar refractivity (Wildman–Crippen MR) is 55.2 cm³/mol. The highest BCUT2D eigenvalue weighted by Crippen LogP contribution is 2.58. The second-order valence-electron chi connectivity index (χ2n) is 6.02. The van der Waals surface area contributed by atoms with Gasteiger partial charge in [-0.15, -0.1) is 0 Å². The minimum absolute atomic E-state index is 0.532. The monoisotopic (exact) mass is 168 g/mol. The summed E-state index contributed by atoms with van der Waals surface area (Å²) >= 11 is 0. The lowest BCUT2D eigenvalue weighted by Crippen LogP contribution is -2.09. The first-order valence-electron chi connectivity index (χ1n) is 5.37. The van der Waals surface area contributed by atoms with Gasteiger partial charge >= 0.3 is 0 Å². The molecule has 72 valence electrons. The Morgan fingerprint density at radius 1 is 1.33 bits per heavy atom. The topological polar surface area (TPSA) is 0 Å². The van der Waals surface area contributed by atoms with Crippen LogP contribution in [-0.2, 0) is 0 Å². The molecular formula is C12H24. The standard InChI is InChI=1S/C12H24/c1-6-10-9-12(10,5)8-7-11(2,3)4/h10H,6-9H2,1-5H3. The second-order valence-corrected chi connectivity index (χ2v) is 6.02. The molecule has 1 aliphatic rings. The van der Waals surface area contributed by atoms with Crippen LogP contribution in [0, 0.1) is 16.7 Å². The van der Waals surface area contributed by atoms with E-state index in [9.17, 15) is 0 Å². The fourth-order valence-corrected chi connectivity index (χ4v) is 2.11. The van der Waals surface area contributed by atoms with Gasteiger partial charge in [0.05, 0.1) is 0 Å². The van der Waals surface area contributed by atoms with Gasteiger partial charge in [0.2, 0.25) is 0 Å². The molecule has 0 N–H and O–H groups in total. The second kappa shape index (κ2) is 3.05.